The minimum Gasteiger partial charge on any atom is -0.496 e. The summed E-state index contributed by atoms with van der Waals surface area (Å²) >= 11 is 0. The van der Waals surface area contributed by atoms with Crippen molar-refractivity contribution >= 4 is 40.3 Å². The molecular weight excluding hydrogens is 879 g/mol. The second-order valence-corrected chi connectivity index (χ2v) is 19.2. The number of methoxy groups -OCH3 is 2. The Morgan fingerprint density at radius 3 is 2.30 bits per heavy atom. The first-order valence-corrected chi connectivity index (χ1v) is 24.4. The molecule has 0 aromatic heterocycles. The van der Waals surface area contributed by atoms with Crippen molar-refractivity contribution in [1.82, 2.24) is 5.32 Å². The molecule has 0 spiro atoms. The van der Waals surface area contributed by atoms with Gasteiger partial charge < -0.3 is 43.5 Å². The van der Waals surface area contributed by atoms with Crippen LogP contribution < -0.4 is 29.3 Å². The SMILES string of the molecule is C=C(C)C(=O)OCCNC(=O)OCC1CCCN(c2cc3c4c(c5c(c3cc2OC)OC(c2ccccc2)(c2ccc(N3CCOCC3)cc2)C=C5)C(C)(C)c2cc(-c3ccccc3OC)ccc2-4)C1. The summed E-state index contributed by atoms with van der Waals surface area (Å²) in [5, 5.41) is 4.73. The number of hydrogen-bond acceptors (Lipinski definition) is 10. The van der Waals surface area contributed by atoms with E-state index in [1.54, 1.807) is 21.1 Å². The smallest absolute Gasteiger partial charge is 0.407 e. The third-order valence-corrected chi connectivity index (χ3v) is 14.5. The molecule has 2 saturated heterocycles. The molecule has 6 aromatic rings. The van der Waals surface area contributed by atoms with Gasteiger partial charge in [-0.05, 0) is 95.4 Å². The van der Waals surface area contributed by atoms with Crippen LogP contribution in [0.5, 0.6) is 17.2 Å². The summed E-state index contributed by atoms with van der Waals surface area (Å²) in [4.78, 5) is 29.2. The maximum Gasteiger partial charge on any atom is 0.407 e. The van der Waals surface area contributed by atoms with Crippen LogP contribution in [0.2, 0.25) is 0 Å². The molecule has 0 saturated carbocycles. The van der Waals surface area contributed by atoms with Crippen molar-refractivity contribution in [3.8, 4) is 39.5 Å². The lowest BCUT2D eigenvalue weighted by Gasteiger charge is -2.39. The Bertz CT molecular complexity index is 2990. The van der Waals surface area contributed by atoms with E-state index in [0.717, 1.165) is 99.7 Å². The lowest BCUT2D eigenvalue weighted by atomic mass is 9.76. The van der Waals surface area contributed by atoms with E-state index in [2.05, 4.69) is 139 Å². The Labute approximate surface area is 410 Å². The van der Waals surface area contributed by atoms with E-state index < -0.39 is 23.1 Å². The third-order valence-electron chi connectivity index (χ3n) is 14.5. The van der Waals surface area contributed by atoms with Crippen LogP contribution in [0.1, 0.15) is 61.4 Å². The molecule has 10 rings (SSSR count). The number of anilines is 2. The van der Waals surface area contributed by atoms with Gasteiger partial charge in [0.1, 0.15) is 23.9 Å². The van der Waals surface area contributed by atoms with Crippen LogP contribution >= 0.6 is 0 Å². The summed E-state index contributed by atoms with van der Waals surface area (Å²) in [7, 11) is 3.45. The molecule has 2 unspecified atom stereocenters. The van der Waals surface area contributed by atoms with Gasteiger partial charge in [0.25, 0.3) is 0 Å². The normalized spacial score (nSPS) is 18.8. The van der Waals surface area contributed by atoms with Gasteiger partial charge >= 0.3 is 12.1 Å². The van der Waals surface area contributed by atoms with Gasteiger partial charge in [0.2, 0.25) is 0 Å². The molecule has 6 aromatic carbocycles. The summed E-state index contributed by atoms with van der Waals surface area (Å²) in [5.41, 5.74) is 11.1. The Morgan fingerprint density at radius 2 is 1.54 bits per heavy atom. The highest BCUT2D eigenvalue weighted by molar-refractivity contribution is 6.10. The number of rotatable bonds is 13. The number of carbonyl (C=O) groups is 2. The standard InChI is InChI=1S/C59H61N3O8/c1-38(2)56(63)68-30-26-60-57(64)69-37-39-13-12-27-62(36-39)50-34-47-48(35-52(50)66-6)55-46(54-53(47)45-23-18-40(33-49(45)58(54,3)4)44-16-10-11-17-51(44)65-5)24-25-59(70-55,41-14-8-7-9-15-41)42-19-21-43(22-20-42)61-28-31-67-32-29-61/h7-11,14-25,33-35,39H,1,12-13,26-32,36-37H2,2-6H3,(H,60,64). The molecule has 70 heavy (non-hydrogen) atoms. The molecule has 360 valence electrons. The van der Waals surface area contributed by atoms with Gasteiger partial charge in [0, 0.05) is 76.4 Å². The van der Waals surface area contributed by atoms with Gasteiger partial charge in [-0.2, -0.15) is 0 Å². The van der Waals surface area contributed by atoms with Crippen molar-refractivity contribution in [3.05, 3.63) is 155 Å². The Morgan fingerprint density at radius 1 is 0.800 bits per heavy atom. The fraction of sp³-hybridized carbons (Fsp3) is 0.322. The fourth-order valence-corrected chi connectivity index (χ4v) is 10.9. The van der Waals surface area contributed by atoms with Crippen LogP contribution in [0.25, 0.3) is 39.1 Å². The predicted molar refractivity (Wildman–Crippen MR) is 276 cm³/mol. The number of nitrogens with one attached hydrogen (secondary N) is 1. The Hall–Kier alpha value is -7.24. The largest absolute Gasteiger partial charge is 0.496 e. The van der Waals surface area contributed by atoms with Gasteiger partial charge in [0.15, 0.2) is 5.60 Å². The van der Waals surface area contributed by atoms with Crippen molar-refractivity contribution in [1.29, 1.82) is 0 Å². The lowest BCUT2D eigenvalue weighted by molar-refractivity contribution is -0.138. The third kappa shape index (κ3) is 8.50. The van der Waals surface area contributed by atoms with Crippen molar-refractivity contribution in [2.24, 2.45) is 5.92 Å². The molecule has 11 heteroatoms. The second-order valence-electron chi connectivity index (χ2n) is 19.2. The second kappa shape index (κ2) is 19.3. The van der Waals surface area contributed by atoms with Crippen LogP contribution in [0.3, 0.4) is 0 Å². The predicted octanol–water partition coefficient (Wildman–Crippen LogP) is 11.1. The monoisotopic (exact) mass is 939 g/mol. The number of benzene rings is 6. The van der Waals surface area contributed by atoms with Gasteiger partial charge in [-0.15, -0.1) is 0 Å². The van der Waals surface area contributed by atoms with E-state index in [-0.39, 0.29) is 25.7 Å². The van der Waals surface area contributed by atoms with Crippen molar-refractivity contribution < 1.29 is 38.0 Å². The lowest BCUT2D eigenvalue weighted by Crippen LogP contribution is -2.39. The first-order valence-electron chi connectivity index (χ1n) is 24.4. The highest BCUT2D eigenvalue weighted by Gasteiger charge is 2.45. The van der Waals surface area contributed by atoms with Crippen LogP contribution in [-0.4, -0.2) is 85.4 Å². The number of piperidine rings is 1. The molecule has 2 atom stereocenters. The molecule has 1 amide bonds. The number of ether oxygens (including phenoxy) is 6. The van der Waals surface area contributed by atoms with Crippen molar-refractivity contribution in [2.75, 3.05) is 83.2 Å². The number of morpholine rings is 1. The quantitative estimate of drug-likeness (QED) is 0.0683. The molecule has 0 radical (unpaired) electrons. The van der Waals surface area contributed by atoms with Gasteiger partial charge in [-0.25, -0.2) is 9.59 Å². The molecule has 2 fully saturated rings. The van der Waals surface area contributed by atoms with E-state index in [9.17, 15) is 9.59 Å². The maximum atomic E-state index is 12.7. The highest BCUT2D eigenvalue weighted by atomic mass is 16.6. The summed E-state index contributed by atoms with van der Waals surface area (Å²) in [6.07, 6.45) is 5.82. The topological polar surface area (TPSA) is 108 Å². The summed E-state index contributed by atoms with van der Waals surface area (Å²) in [5.74, 6) is 1.96. The Balaban J connectivity index is 1.07. The summed E-state index contributed by atoms with van der Waals surface area (Å²) in [6, 6.07) is 38.8. The highest BCUT2D eigenvalue weighted by Crippen LogP contribution is 2.60. The number of esters is 1. The summed E-state index contributed by atoms with van der Waals surface area (Å²) < 4.78 is 36.5. The van der Waals surface area contributed by atoms with Gasteiger partial charge in [-0.3, -0.25) is 0 Å². The van der Waals surface area contributed by atoms with Crippen molar-refractivity contribution in [3.63, 3.8) is 0 Å². The molecule has 3 aliphatic heterocycles. The number of para-hydroxylation sites is 1. The number of alkyl carbamates (subject to hydrolysis) is 1. The van der Waals surface area contributed by atoms with E-state index in [0.29, 0.717) is 25.3 Å². The Kier molecular flexibility index (Phi) is 12.8. The summed E-state index contributed by atoms with van der Waals surface area (Å²) in [6.45, 7) is 14.9. The van der Waals surface area contributed by atoms with E-state index in [4.69, 9.17) is 28.4 Å². The van der Waals surface area contributed by atoms with Crippen LogP contribution in [0.4, 0.5) is 16.2 Å². The van der Waals surface area contributed by atoms with E-state index in [1.165, 1.54) is 22.3 Å². The van der Waals surface area contributed by atoms with Gasteiger partial charge in [-0.1, -0.05) is 99.3 Å². The minimum absolute atomic E-state index is 0.0360. The molecule has 4 aliphatic rings. The van der Waals surface area contributed by atoms with Crippen LogP contribution in [0, 0.1) is 5.92 Å². The number of nitrogens with zero attached hydrogens (tertiary/aromatic N) is 2. The molecule has 3 heterocycles. The first kappa shape index (κ1) is 46.5. The zero-order valence-corrected chi connectivity index (χ0v) is 40.8. The van der Waals surface area contributed by atoms with E-state index in [1.807, 2.05) is 18.2 Å². The molecule has 1 N–H and O–H groups in total. The maximum absolute atomic E-state index is 12.7. The first-order chi connectivity index (χ1) is 34.0. The van der Waals surface area contributed by atoms with Crippen LogP contribution in [0.15, 0.2) is 127 Å². The molecule has 11 nitrogen and oxygen atoms in total. The number of fused-ring (bicyclic) bond motifs is 8. The molecule has 1 aliphatic carbocycles. The van der Waals surface area contributed by atoms with Gasteiger partial charge in [0.05, 0.1) is 46.3 Å². The minimum atomic E-state index is -0.945. The number of amides is 1. The number of hydrogen-bond donors (Lipinski definition) is 1. The number of carbonyl (C=O) groups excluding carboxylic acids is 2. The van der Waals surface area contributed by atoms with E-state index >= 15 is 0 Å². The van der Waals surface area contributed by atoms with Crippen molar-refractivity contribution in [2.45, 2.75) is 44.6 Å². The zero-order valence-electron chi connectivity index (χ0n) is 40.8. The molecule has 0 bridgehead atoms. The average molecular weight is 940 g/mol. The molecular formula is C59H61N3O8. The average Bonchev–Trinajstić information content (AvgIpc) is 3.64. The zero-order chi connectivity index (χ0) is 48.6. The fourth-order valence-electron chi connectivity index (χ4n) is 10.9. The van der Waals surface area contributed by atoms with Crippen LogP contribution in [-0.2, 0) is 30.0 Å².